The first kappa shape index (κ1) is 43.0. The van der Waals surface area contributed by atoms with E-state index in [1.165, 1.54) is 35.3 Å². The molecule has 0 atom stereocenters. The molecular formula is C88H60B2N2S3. The Bertz CT molecular complexity index is 6210. The van der Waals surface area contributed by atoms with Crippen LogP contribution in [-0.2, 0) is 5.41 Å². The van der Waals surface area contributed by atoms with E-state index in [2.05, 4.69) is 0 Å². The molecule has 0 bridgehead atoms. The van der Waals surface area contributed by atoms with Gasteiger partial charge in [0.1, 0.15) is 0 Å². The third kappa shape index (κ3) is 9.07. The summed E-state index contributed by atoms with van der Waals surface area (Å²) in [6, 6.07) is 64.9. The zero-order chi connectivity index (χ0) is 76.1. The van der Waals surface area contributed by atoms with Crippen molar-refractivity contribution in [1.29, 1.82) is 0 Å². The maximum Gasteiger partial charge on any atom is 0.253 e. The molecule has 0 N–H and O–H groups in total. The van der Waals surface area contributed by atoms with Gasteiger partial charge in [0, 0.05) is 74.4 Å². The Labute approximate surface area is 590 Å². The highest BCUT2D eigenvalue weighted by molar-refractivity contribution is 8.03. The van der Waals surface area contributed by atoms with Crippen LogP contribution < -0.4 is 42.6 Å². The molecule has 446 valence electrons. The summed E-state index contributed by atoms with van der Waals surface area (Å²) in [5, 5.41) is 0. The van der Waals surface area contributed by atoms with Gasteiger partial charge in [-0.3, -0.25) is 0 Å². The predicted molar refractivity (Wildman–Crippen MR) is 407 cm³/mol. The van der Waals surface area contributed by atoms with Crippen molar-refractivity contribution in [3.63, 3.8) is 0 Å². The summed E-state index contributed by atoms with van der Waals surface area (Å²) in [6.45, 7) is 3.51. The van der Waals surface area contributed by atoms with Crippen LogP contribution in [0, 0.1) is 0 Å². The minimum Gasteiger partial charge on any atom is -0.310 e. The van der Waals surface area contributed by atoms with Gasteiger partial charge < -0.3 is 9.80 Å². The SMILES string of the molecule is [2H]c1c([2H])c([2H])c(-c2c([2H])c([2H])c3c(c2[2H])N(c2c(-c4ccccc4)cccc2-c2ccccc2)c2c([2H])c(C(C)(C)C)c([2H])c4c2B3c2c3c5c(c([2H])c2N4c2c(-c4ccccc4)cccc2-c2ccccc2)Sc2c([2H])c(-c4ccccc4)c([2H])c4c2B5c2c(c([2H])c(-c5ccccc5)c([2H])c2S3)S4)c([2H])c1[2H]. The Hall–Kier alpha value is -10.1. The molecule has 0 aromatic heterocycles. The number of fused-ring (bicyclic) bond motifs is 5. The number of benzene rings is 14. The Morgan fingerprint density at radius 2 is 0.684 bits per heavy atom. The van der Waals surface area contributed by atoms with Crippen LogP contribution in [0.4, 0.5) is 34.1 Å². The molecule has 7 heteroatoms. The first-order chi connectivity index (χ1) is 53.1. The standard InChI is InChI=1S/C88H60B2N2S3/c1-88(2,3)65-52-72-80-73(53-65)92(86-68(60-37-21-9-22-38-60)43-26-44-69(86)61-39-23-10-24-40-61)74-54-79-84-87(95-78-51-64(57-31-15-6-16-32-57)50-77-83(78)90(84)82-75(93-77)48-63(49-76(82)94-79)56-29-13-5-14-30-56)81(74)89(80)70-46-45-62(55-27-11-4-12-28-55)47-71(70)91(72)85-66(58-33-17-7-18-34-58)41-25-42-67(85)59-35-19-8-20-36-59/h4-54H,1-3H3/i4D,11D,12D,27D,28D,45D,46D,47D,48D,49D,50D,51D,52D,53D,54D. The molecule has 0 aliphatic carbocycles. The maximum absolute atomic E-state index is 11.9. The minimum absolute atomic E-state index is 0.0352. The van der Waals surface area contributed by atoms with E-state index in [0.29, 0.717) is 113 Å². The Morgan fingerprint density at radius 3 is 1.12 bits per heavy atom. The van der Waals surface area contributed by atoms with Gasteiger partial charge in [-0.05, 0) is 148 Å². The van der Waals surface area contributed by atoms with Gasteiger partial charge in [-0.1, -0.05) is 317 Å². The lowest BCUT2D eigenvalue weighted by Crippen LogP contribution is -2.66. The van der Waals surface area contributed by atoms with Gasteiger partial charge in [-0.15, -0.1) is 0 Å². The van der Waals surface area contributed by atoms with E-state index in [-0.39, 0.29) is 76.1 Å². The van der Waals surface area contributed by atoms with Crippen LogP contribution in [0.5, 0.6) is 0 Å². The molecule has 0 spiro atoms. The van der Waals surface area contributed by atoms with E-state index in [1.54, 1.807) is 0 Å². The zero-order valence-electron chi connectivity index (χ0n) is 66.6. The number of para-hydroxylation sites is 2. The van der Waals surface area contributed by atoms with Crippen LogP contribution in [0.1, 0.15) is 46.9 Å². The van der Waals surface area contributed by atoms with Crippen molar-refractivity contribution < 1.29 is 20.6 Å². The van der Waals surface area contributed by atoms with Crippen molar-refractivity contribution in [3.8, 4) is 77.9 Å². The Kier molecular flexibility index (Phi) is 10.1. The van der Waals surface area contributed by atoms with Crippen molar-refractivity contribution >= 4 is 116 Å². The molecule has 0 saturated carbocycles. The van der Waals surface area contributed by atoms with Gasteiger partial charge in [-0.25, -0.2) is 0 Å². The van der Waals surface area contributed by atoms with E-state index in [4.69, 9.17) is 1.37 Å². The molecule has 95 heavy (non-hydrogen) atoms. The van der Waals surface area contributed by atoms with Crippen LogP contribution >= 0.6 is 35.3 Å². The molecular weight excluding hydrogens is 1200 g/mol. The molecule has 5 aliphatic rings. The van der Waals surface area contributed by atoms with Crippen molar-refractivity contribution in [1.82, 2.24) is 0 Å². The molecule has 19 rings (SSSR count). The molecule has 0 saturated heterocycles. The molecule has 0 amide bonds. The fourth-order valence-electron chi connectivity index (χ4n) is 14.5. The van der Waals surface area contributed by atoms with E-state index in [0.717, 1.165) is 22.3 Å². The van der Waals surface area contributed by atoms with Gasteiger partial charge >= 0.3 is 0 Å². The summed E-state index contributed by atoms with van der Waals surface area (Å²) in [5.41, 5.74) is 10.1. The van der Waals surface area contributed by atoms with Crippen LogP contribution in [-0.4, -0.2) is 13.4 Å². The van der Waals surface area contributed by atoms with Gasteiger partial charge in [0.15, 0.2) is 0 Å². The topological polar surface area (TPSA) is 6.48 Å². The Balaban J connectivity index is 1.07. The molecule has 14 aromatic rings. The molecule has 5 heterocycles. The third-order valence-electron chi connectivity index (χ3n) is 18.7. The molecule has 5 aliphatic heterocycles. The second-order valence-corrected chi connectivity index (χ2v) is 28.4. The second kappa shape index (κ2) is 22.3. The number of anilines is 6. The zero-order valence-corrected chi connectivity index (χ0v) is 54.0. The van der Waals surface area contributed by atoms with E-state index in [1.807, 2.05) is 249 Å². The summed E-state index contributed by atoms with van der Waals surface area (Å²) < 4.78 is 157. The van der Waals surface area contributed by atoms with Gasteiger partial charge in [0.05, 0.1) is 31.9 Å². The van der Waals surface area contributed by atoms with Crippen molar-refractivity contribution in [3.05, 3.63) is 315 Å². The monoisotopic (exact) mass is 1280 g/mol. The largest absolute Gasteiger partial charge is 0.310 e. The number of rotatable bonds is 9. The lowest BCUT2D eigenvalue weighted by Gasteiger charge is -2.48. The molecule has 2 nitrogen and oxygen atoms in total. The maximum atomic E-state index is 11.9. The number of hydrogen-bond donors (Lipinski definition) is 0. The lowest BCUT2D eigenvalue weighted by atomic mass is 9.31. The van der Waals surface area contributed by atoms with E-state index < -0.39 is 78.3 Å². The number of hydrogen-bond acceptors (Lipinski definition) is 5. The normalized spacial score (nSPS) is 15.6. The molecule has 0 unspecified atom stereocenters. The predicted octanol–water partition coefficient (Wildman–Crippen LogP) is 20.6. The molecule has 0 fully saturated rings. The smallest absolute Gasteiger partial charge is 0.253 e. The van der Waals surface area contributed by atoms with Gasteiger partial charge in [0.25, 0.3) is 6.71 Å². The van der Waals surface area contributed by atoms with Crippen molar-refractivity contribution in [2.45, 2.75) is 55.6 Å². The van der Waals surface area contributed by atoms with E-state index >= 15 is 0 Å². The van der Waals surface area contributed by atoms with Crippen LogP contribution in [0.15, 0.2) is 338 Å². The fraction of sp³-hybridized carbons (Fsp3) is 0.0455. The molecule has 14 aromatic carbocycles. The first-order valence-electron chi connectivity index (χ1n) is 39.3. The Morgan fingerprint density at radius 1 is 0.295 bits per heavy atom. The van der Waals surface area contributed by atoms with Gasteiger partial charge in [0.2, 0.25) is 6.71 Å². The van der Waals surface area contributed by atoms with E-state index in [9.17, 15) is 19.2 Å². The highest BCUT2D eigenvalue weighted by Gasteiger charge is 2.52. The summed E-state index contributed by atoms with van der Waals surface area (Å²) >= 11 is 3.87. The first-order valence-corrected chi connectivity index (χ1v) is 34.2. The fourth-order valence-corrected chi connectivity index (χ4v) is 18.3. The average Bonchev–Trinajstić information content (AvgIpc) is 0.657. The summed E-state index contributed by atoms with van der Waals surface area (Å²) in [4.78, 5) is 6.85. The summed E-state index contributed by atoms with van der Waals surface area (Å²) in [5.74, 6) is 0. The van der Waals surface area contributed by atoms with Gasteiger partial charge in [-0.2, -0.15) is 0 Å². The average molecular weight is 1280 g/mol. The van der Waals surface area contributed by atoms with Crippen molar-refractivity contribution in [2.24, 2.45) is 0 Å². The van der Waals surface area contributed by atoms with Crippen LogP contribution in [0.25, 0.3) is 77.9 Å². The minimum atomic E-state index is -1.43. The third-order valence-corrected chi connectivity index (χ3v) is 22.0. The summed E-state index contributed by atoms with van der Waals surface area (Å²) in [6.07, 6.45) is 0. The second-order valence-electron chi connectivity index (χ2n) is 25.3. The summed E-state index contributed by atoms with van der Waals surface area (Å²) in [7, 11) is 0. The highest BCUT2D eigenvalue weighted by Crippen LogP contribution is 2.57. The van der Waals surface area contributed by atoms with Crippen LogP contribution in [0.2, 0.25) is 0 Å². The molecule has 0 radical (unpaired) electrons. The van der Waals surface area contributed by atoms with Crippen molar-refractivity contribution in [2.75, 3.05) is 9.80 Å². The van der Waals surface area contributed by atoms with Crippen LogP contribution in [0.3, 0.4) is 0 Å². The lowest BCUT2D eigenvalue weighted by molar-refractivity contribution is 0.590. The highest BCUT2D eigenvalue weighted by atomic mass is 32.2. The quantitative estimate of drug-likeness (QED) is 0.133. The number of nitrogens with zero attached hydrogens (tertiary/aromatic N) is 2.